The van der Waals surface area contributed by atoms with Crippen LogP contribution in [0.15, 0.2) is 73.3 Å². The summed E-state index contributed by atoms with van der Waals surface area (Å²) in [6.45, 7) is 8.62. The number of benzene rings is 2. The Morgan fingerprint density at radius 2 is 1.83 bits per heavy atom. The van der Waals surface area contributed by atoms with Gasteiger partial charge in [-0.25, -0.2) is 4.68 Å². The molecule has 154 valence electrons. The van der Waals surface area contributed by atoms with E-state index in [1.165, 1.54) is 0 Å². The van der Waals surface area contributed by atoms with Gasteiger partial charge in [-0.2, -0.15) is 5.10 Å². The Hall–Kier alpha value is -3.60. The number of carbonyl (C=O) groups is 1. The first kappa shape index (κ1) is 21.1. The molecule has 0 atom stereocenters. The number of hydrogen-bond donors (Lipinski definition) is 0. The van der Waals surface area contributed by atoms with Crippen molar-refractivity contribution in [2.45, 2.75) is 20.4 Å². The summed E-state index contributed by atoms with van der Waals surface area (Å²) in [4.78, 5) is 14.3. The number of carbonyl (C=O) groups excluding carboxylic acids is 1. The molecule has 0 bridgehead atoms. The summed E-state index contributed by atoms with van der Waals surface area (Å²) in [5.74, 6) is 0.713. The van der Waals surface area contributed by atoms with Crippen molar-refractivity contribution in [3.63, 3.8) is 0 Å². The number of amides is 1. The van der Waals surface area contributed by atoms with Gasteiger partial charge in [-0.1, -0.05) is 43.0 Å². The van der Waals surface area contributed by atoms with Crippen molar-refractivity contribution in [2.24, 2.45) is 0 Å². The zero-order valence-corrected chi connectivity index (χ0v) is 17.7. The molecule has 3 aromatic rings. The van der Waals surface area contributed by atoms with E-state index in [1.807, 2.05) is 79.2 Å². The quantitative estimate of drug-likeness (QED) is 0.405. The van der Waals surface area contributed by atoms with E-state index in [4.69, 9.17) is 4.74 Å². The molecule has 0 aliphatic heterocycles. The van der Waals surface area contributed by atoms with E-state index in [0.717, 1.165) is 34.0 Å². The fraction of sp³-hybridized carbons (Fsp3) is 0.200. The van der Waals surface area contributed by atoms with Gasteiger partial charge in [0.25, 0.3) is 0 Å². The minimum Gasteiger partial charge on any atom is -0.490 e. The summed E-state index contributed by atoms with van der Waals surface area (Å²) in [6, 6.07) is 17.6. The lowest BCUT2D eigenvalue weighted by molar-refractivity contribution is -0.125. The number of rotatable bonds is 8. The fourth-order valence-corrected chi connectivity index (χ4v) is 3.16. The van der Waals surface area contributed by atoms with Gasteiger partial charge in [-0.05, 0) is 49.8 Å². The third-order valence-electron chi connectivity index (χ3n) is 4.88. The Morgan fingerprint density at radius 3 is 2.50 bits per heavy atom. The molecule has 0 saturated heterocycles. The number of ether oxygens (including phenoxy) is 1. The van der Waals surface area contributed by atoms with Gasteiger partial charge in [0.1, 0.15) is 12.4 Å². The van der Waals surface area contributed by atoms with Crippen LogP contribution in [-0.2, 0) is 11.3 Å². The molecule has 3 rings (SSSR count). The highest BCUT2D eigenvalue weighted by Crippen LogP contribution is 2.19. The zero-order valence-electron chi connectivity index (χ0n) is 17.7. The van der Waals surface area contributed by atoms with E-state index >= 15 is 0 Å². The van der Waals surface area contributed by atoms with Crippen LogP contribution in [0, 0.1) is 13.8 Å². The van der Waals surface area contributed by atoms with Crippen molar-refractivity contribution < 1.29 is 9.53 Å². The molecule has 0 fully saturated rings. The summed E-state index contributed by atoms with van der Waals surface area (Å²) < 4.78 is 7.40. The molecule has 0 aliphatic carbocycles. The van der Waals surface area contributed by atoms with Crippen LogP contribution in [-0.4, -0.2) is 34.2 Å². The first-order valence-electron chi connectivity index (χ1n) is 9.87. The van der Waals surface area contributed by atoms with E-state index in [1.54, 1.807) is 24.1 Å². The highest BCUT2D eigenvalue weighted by molar-refractivity contribution is 5.91. The minimum absolute atomic E-state index is 0.0618. The van der Waals surface area contributed by atoms with Gasteiger partial charge in [0.05, 0.1) is 11.4 Å². The molecule has 1 amide bonds. The third-order valence-corrected chi connectivity index (χ3v) is 4.88. The average Bonchev–Trinajstić information content (AvgIpc) is 3.05. The summed E-state index contributed by atoms with van der Waals surface area (Å²) in [5, 5.41) is 4.66. The molecule has 5 nitrogen and oxygen atoms in total. The van der Waals surface area contributed by atoms with Crippen LogP contribution in [0.1, 0.15) is 22.5 Å². The van der Waals surface area contributed by atoms with E-state index in [2.05, 4.69) is 11.7 Å². The van der Waals surface area contributed by atoms with E-state index in [9.17, 15) is 4.79 Å². The monoisotopic (exact) mass is 401 g/mol. The number of aryl methyl sites for hydroxylation is 1. The van der Waals surface area contributed by atoms with E-state index in [-0.39, 0.29) is 5.91 Å². The number of para-hydroxylation sites is 1. The van der Waals surface area contributed by atoms with Gasteiger partial charge < -0.3 is 9.64 Å². The third kappa shape index (κ3) is 5.06. The maximum Gasteiger partial charge on any atom is 0.246 e. The first-order chi connectivity index (χ1) is 14.5. The van der Waals surface area contributed by atoms with Crippen LogP contribution in [0.3, 0.4) is 0 Å². The molecule has 2 aromatic carbocycles. The summed E-state index contributed by atoms with van der Waals surface area (Å²) in [7, 11) is 1.80. The Morgan fingerprint density at radius 1 is 1.13 bits per heavy atom. The summed E-state index contributed by atoms with van der Waals surface area (Å²) in [5.41, 5.74) is 4.98. The summed E-state index contributed by atoms with van der Waals surface area (Å²) >= 11 is 0. The van der Waals surface area contributed by atoms with Crippen molar-refractivity contribution >= 4 is 12.0 Å². The van der Waals surface area contributed by atoms with Gasteiger partial charge in [-0.3, -0.25) is 4.79 Å². The van der Waals surface area contributed by atoms with Crippen LogP contribution < -0.4 is 4.74 Å². The van der Waals surface area contributed by atoms with E-state index < -0.39 is 0 Å². The van der Waals surface area contributed by atoms with Crippen LogP contribution in [0.5, 0.6) is 5.75 Å². The van der Waals surface area contributed by atoms with Crippen LogP contribution in [0.4, 0.5) is 0 Å². The number of hydrogen-bond acceptors (Lipinski definition) is 3. The van der Waals surface area contributed by atoms with Gasteiger partial charge in [-0.15, -0.1) is 0 Å². The second-order valence-electron chi connectivity index (χ2n) is 7.09. The van der Waals surface area contributed by atoms with Gasteiger partial charge in [0.15, 0.2) is 0 Å². The molecule has 0 spiro atoms. The maximum absolute atomic E-state index is 12.6. The van der Waals surface area contributed by atoms with Crippen molar-refractivity contribution in [3.05, 3.63) is 95.8 Å². The number of likely N-dealkylation sites (N-methyl/N-ethyl adjacent to an activating group) is 1. The first-order valence-corrected chi connectivity index (χ1v) is 9.87. The maximum atomic E-state index is 12.6. The molecule has 0 unspecified atom stereocenters. The molecular weight excluding hydrogens is 374 g/mol. The molecule has 0 aliphatic rings. The molecule has 30 heavy (non-hydrogen) atoms. The Bertz CT molecular complexity index is 1030. The molecule has 0 N–H and O–H groups in total. The number of aromatic nitrogens is 2. The molecular formula is C25H27N3O2. The molecule has 1 aromatic heterocycles. The SMILES string of the molecule is C=CCOc1ccc(/C=C/C(=O)N(C)Cc2c(C)nn(-c3ccccc3)c2C)cc1. The predicted molar refractivity (Wildman–Crippen MR) is 121 cm³/mol. The van der Waals surface area contributed by atoms with Crippen LogP contribution in [0.25, 0.3) is 11.8 Å². The Kier molecular flexibility index (Phi) is 6.86. The highest BCUT2D eigenvalue weighted by Gasteiger charge is 2.16. The van der Waals surface area contributed by atoms with Gasteiger partial charge >= 0.3 is 0 Å². The molecule has 0 saturated carbocycles. The standard InChI is InChI=1S/C25H27N3O2/c1-5-17-30-23-14-11-21(12-15-23)13-16-25(29)27(4)18-24-19(2)26-28(20(24)3)22-9-7-6-8-10-22/h5-16H,1,17-18H2,2-4H3/b16-13+. The van der Waals surface area contributed by atoms with Crippen LogP contribution >= 0.6 is 0 Å². The van der Waals surface area contributed by atoms with Gasteiger partial charge in [0, 0.05) is 30.9 Å². The number of nitrogens with zero attached hydrogens (tertiary/aromatic N) is 3. The Balaban J connectivity index is 1.66. The van der Waals surface area contributed by atoms with Crippen molar-refractivity contribution in [1.82, 2.24) is 14.7 Å². The second kappa shape index (κ2) is 9.74. The fourth-order valence-electron chi connectivity index (χ4n) is 3.16. The van der Waals surface area contributed by atoms with Crippen LogP contribution in [0.2, 0.25) is 0 Å². The van der Waals surface area contributed by atoms with Crippen molar-refractivity contribution in [1.29, 1.82) is 0 Å². The minimum atomic E-state index is -0.0618. The van der Waals surface area contributed by atoms with Crippen molar-refractivity contribution in [2.75, 3.05) is 13.7 Å². The zero-order chi connectivity index (χ0) is 21.5. The van der Waals surface area contributed by atoms with E-state index in [0.29, 0.717) is 13.2 Å². The predicted octanol–water partition coefficient (Wildman–Crippen LogP) is 4.73. The second-order valence-corrected chi connectivity index (χ2v) is 7.09. The Labute approximate surface area is 177 Å². The lowest BCUT2D eigenvalue weighted by Gasteiger charge is -2.15. The van der Waals surface area contributed by atoms with Crippen molar-refractivity contribution in [3.8, 4) is 11.4 Å². The lowest BCUT2D eigenvalue weighted by atomic mass is 10.1. The average molecular weight is 402 g/mol. The smallest absolute Gasteiger partial charge is 0.246 e. The summed E-state index contributed by atoms with van der Waals surface area (Å²) in [6.07, 6.45) is 5.10. The normalized spacial score (nSPS) is 10.9. The molecule has 0 radical (unpaired) electrons. The topological polar surface area (TPSA) is 47.4 Å². The lowest BCUT2D eigenvalue weighted by Crippen LogP contribution is -2.24. The van der Waals surface area contributed by atoms with Gasteiger partial charge in [0.2, 0.25) is 5.91 Å². The molecule has 1 heterocycles. The molecule has 5 heteroatoms. The largest absolute Gasteiger partial charge is 0.490 e. The highest BCUT2D eigenvalue weighted by atomic mass is 16.5.